The van der Waals surface area contributed by atoms with Gasteiger partial charge in [-0.05, 0) is 60.5 Å². The zero-order valence-electron chi connectivity index (χ0n) is 18.0. The summed E-state index contributed by atoms with van der Waals surface area (Å²) in [6.07, 6.45) is 1.91. The van der Waals surface area contributed by atoms with Crippen LogP contribution in [0.4, 0.5) is 5.69 Å². The molecule has 0 aliphatic rings. The number of halogens is 1. The number of anilines is 1. The van der Waals surface area contributed by atoms with E-state index < -0.39 is 0 Å². The van der Waals surface area contributed by atoms with E-state index in [1.807, 2.05) is 62.6 Å². The van der Waals surface area contributed by atoms with Gasteiger partial charge in [-0.15, -0.1) is 0 Å². The Hall–Kier alpha value is -4.03. The van der Waals surface area contributed by atoms with Gasteiger partial charge in [-0.25, -0.2) is 0 Å². The van der Waals surface area contributed by atoms with Crippen LogP contribution in [-0.2, 0) is 7.05 Å². The molecule has 6 nitrogen and oxygen atoms in total. The second-order valence-corrected chi connectivity index (χ2v) is 8.70. The Morgan fingerprint density at radius 2 is 1.91 bits per heavy atom. The number of nitrogens with two attached hydrogens (primary N) is 1. The standard InChI is InChI=1S/C26H19ClN4O2/c1-14-4-3-5-18(10-14)31-24-19-12-17(27)7-9-21(19)33-25(24)23(28)22(26(31)32)15-6-8-20-16(11-15)13-30(2)29-20/h3-13H,28H2,1-2H3. The topological polar surface area (TPSA) is 79.0 Å². The van der Waals surface area contributed by atoms with Crippen molar-refractivity contribution in [3.05, 3.63) is 87.8 Å². The quantitative estimate of drug-likeness (QED) is 0.356. The van der Waals surface area contributed by atoms with Crippen LogP contribution in [-0.4, -0.2) is 14.3 Å². The molecule has 0 spiro atoms. The molecule has 3 heterocycles. The van der Waals surface area contributed by atoms with Crippen LogP contribution in [0, 0.1) is 6.92 Å². The zero-order valence-corrected chi connectivity index (χ0v) is 18.7. The first-order valence-corrected chi connectivity index (χ1v) is 10.9. The summed E-state index contributed by atoms with van der Waals surface area (Å²) in [6, 6.07) is 18.8. The Bertz CT molecular complexity index is 1790. The number of hydrogen-bond donors (Lipinski definition) is 1. The van der Waals surface area contributed by atoms with Crippen molar-refractivity contribution in [2.24, 2.45) is 7.05 Å². The molecule has 162 valence electrons. The van der Waals surface area contributed by atoms with E-state index in [-0.39, 0.29) is 5.56 Å². The van der Waals surface area contributed by atoms with Gasteiger partial charge in [0.05, 0.1) is 16.8 Å². The maximum Gasteiger partial charge on any atom is 0.265 e. The van der Waals surface area contributed by atoms with E-state index in [0.29, 0.717) is 38.5 Å². The Morgan fingerprint density at radius 3 is 2.73 bits per heavy atom. The summed E-state index contributed by atoms with van der Waals surface area (Å²) in [5.41, 5.74) is 12.1. The number of aromatic nitrogens is 3. The molecule has 0 aliphatic carbocycles. The van der Waals surface area contributed by atoms with Crippen LogP contribution in [0.2, 0.25) is 5.02 Å². The van der Waals surface area contributed by atoms with Crippen LogP contribution in [0.1, 0.15) is 5.56 Å². The molecule has 0 fully saturated rings. The SMILES string of the molecule is Cc1cccc(-n2c(=O)c(-c3ccc4nn(C)cc4c3)c(N)c3oc4ccc(Cl)cc4c32)c1. The molecular weight excluding hydrogens is 436 g/mol. The highest BCUT2D eigenvalue weighted by Crippen LogP contribution is 2.38. The largest absolute Gasteiger partial charge is 0.452 e. The third kappa shape index (κ3) is 2.95. The summed E-state index contributed by atoms with van der Waals surface area (Å²) in [7, 11) is 1.87. The lowest BCUT2D eigenvalue weighted by Gasteiger charge is -2.14. The first kappa shape index (κ1) is 19.6. The highest BCUT2D eigenvalue weighted by molar-refractivity contribution is 6.31. The van der Waals surface area contributed by atoms with Crippen molar-refractivity contribution in [2.45, 2.75) is 6.92 Å². The molecule has 3 aromatic heterocycles. The van der Waals surface area contributed by atoms with E-state index in [2.05, 4.69) is 5.10 Å². The summed E-state index contributed by atoms with van der Waals surface area (Å²) >= 11 is 6.30. The fourth-order valence-electron chi connectivity index (χ4n) is 4.50. The van der Waals surface area contributed by atoms with Crippen molar-refractivity contribution in [1.82, 2.24) is 14.3 Å². The van der Waals surface area contributed by atoms with E-state index in [1.54, 1.807) is 27.4 Å². The second-order valence-electron chi connectivity index (χ2n) is 8.26. The van der Waals surface area contributed by atoms with Crippen LogP contribution in [0.15, 0.2) is 76.1 Å². The number of nitrogens with zero attached hydrogens (tertiary/aromatic N) is 3. The maximum atomic E-state index is 14.1. The number of hydrogen-bond acceptors (Lipinski definition) is 4. The minimum Gasteiger partial charge on any atom is -0.452 e. The van der Waals surface area contributed by atoms with E-state index in [4.69, 9.17) is 21.8 Å². The average molecular weight is 455 g/mol. The summed E-state index contributed by atoms with van der Waals surface area (Å²) in [6.45, 7) is 1.99. The van der Waals surface area contributed by atoms with Crippen LogP contribution in [0.3, 0.4) is 0 Å². The molecule has 0 unspecified atom stereocenters. The van der Waals surface area contributed by atoms with Crippen LogP contribution >= 0.6 is 11.6 Å². The minimum atomic E-state index is -0.225. The predicted molar refractivity (Wildman–Crippen MR) is 133 cm³/mol. The third-order valence-corrected chi connectivity index (χ3v) is 6.18. The van der Waals surface area contributed by atoms with E-state index >= 15 is 0 Å². The van der Waals surface area contributed by atoms with Gasteiger partial charge in [-0.2, -0.15) is 5.10 Å². The molecule has 0 saturated carbocycles. The zero-order chi connectivity index (χ0) is 22.9. The van der Waals surface area contributed by atoms with Crippen molar-refractivity contribution >= 4 is 50.3 Å². The summed E-state index contributed by atoms with van der Waals surface area (Å²) in [4.78, 5) is 14.1. The Balaban J connectivity index is 1.79. The third-order valence-electron chi connectivity index (χ3n) is 5.95. The van der Waals surface area contributed by atoms with E-state index in [1.165, 1.54) is 0 Å². The van der Waals surface area contributed by atoms with Gasteiger partial charge >= 0.3 is 0 Å². The van der Waals surface area contributed by atoms with Crippen molar-refractivity contribution in [3.63, 3.8) is 0 Å². The van der Waals surface area contributed by atoms with Crippen LogP contribution < -0.4 is 11.3 Å². The lowest BCUT2D eigenvalue weighted by molar-refractivity contribution is 0.668. The monoisotopic (exact) mass is 454 g/mol. The number of fused-ring (bicyclic) bond motifs is 4. The molecule has 6 rings (SSSR count). The van der Waals surface area contributed by atoms with Crippen molar-refractivity contribution in [2.75, 3.05) is 5.73 Å². The lowest BCUT2D eigenvalue weighted by atomic mass is 10.0. The fraction of sp³-hybridized carbons (Fsp3) is 0.0769. The molecule has 0 bridgehead atoms. The molecule has 0 aliphatic heterocycles. The number of aryl methyl sites for hydroxylation is 2. The van der Waals surface area contributed by atoms with Gasteiger partial charge in [0.2, 0.25) is 0 Å². The van der Waals surface area contributed by atoms with Gasteiger partial charge in [-0.3, -0.25) is 14.0 Å². The van der Waals surface area contributed by atoms with Gasteiger partial charge in [0.15, 0.2) is 5.58 Å². The highest BCUT2D eigenvalue weighted by atomic mass is 35.5. The number of benzene rings is 3. The first-order chi connectivity index (χ1) is 15.9. The molecule has 0 radical (unpaired) electrons. The van der Waals surface area contributed by atoms with Gasteiger partial charge in [-0.1, -0.05) is 29.8 Å². The molecule has 33 heavy (non-hydrogen) atoms. The molecule has 0 atom stereocenters. The fourth-order valence-corrected chi connectivity index (χ4v) is 4.67. The number of pyridine rings is 1. The van der Waals surface area contributed by atoms with Crippen molar-refractivity contribution in [1.29, 1.82) is 0 Å². The van der Waals surface area contributed by atoms with Crippen molar-refractivity contribution in [3.8, 4) is 16.8 Å². The molecule has 0 amide bonds. The van der Waals surface area contributed by atoms with E-state index in [0.717, 1.165) is 27.5 Å². The molecule has 7 heteroatoms. The normalized spacial score (nSPS) is 11.7. The molecule has 0 saturated heterocycles. The number of furan rings is 1. The summed E-state index contributed by atoms with van der Waals surface area (Å²) in [5, 5.41) is 6.64. The summed E-state index contributed by atoms with van der Waals surface area (Å²) < 4.78 is 9.59. The lowest BCUT2D eigenvalue weighted by Crippen LogP contribution is -2.22. The predicted octanol–water partition coefficient (Wildman–Crippen LogP) is 5.83. The Morgan fingerprint density at radius 1 is 1.06 bits per heavy atom. The van der Waals surface area contributed by atoms with Gasteiger partial charge in [0, 0.05) is 34.7 Å². The first-order valence-electron chi connectivity index (χ1n) is 10.5. The van der Waals surface area contributed by atoms with Crippen LogP contribution in [0.5, 0.6) is 0 Å². The van der Waals surface area contributed by atoms with E-state index in [9.17, 15) is 4.79 Å². The van der Waals surface area contributed by atoms with Crippen LogP contribution in [0.25, 0.3) is 49.8 Å². The van der Waals surface area contributed by atoms with Crippen molar-refractivity contribution < 1.29 is 4.42 Å². The van der Waals surface area contributed by atoms with Gasteiger partial charge in [0.1, 0.15) is 11.1 Å². The van der Waals surface area contributed by atoms with Gasteiger partial charge < -0.3 is 10.2 Å². The second kappa shape index (κ2) is 6.98. The smallest absolute Gasteiger partial charge is 0.265 e. The van der Waals surface area contributed by atoms with Gasteiger partial charge in [0.25, 0.3) is 5.56 Å². The average Bonchev–Trinajstić information content (AvgIpc) is 3.33. The molecule has 3 aromatic carbocycles. The Labute approximate surface area is 193 Å². The summed E-state index contributed by atoms with van der Waals surface area (Å²) in [5.74, 6) is 0. The highest BCUT2D eigenvalue weighted by Gasteiger charge is 2.23. The number of rotatable bonds is 2. The maximum absolute atomic E-state index is 14.1. The molecular formula is C26H19ClN4O2. The Kier molecular flexibility index (Phi) is 4.16. The minimum absolute atomic E-state index is 0.225. The number of nitrogen functional groups attached to an aromatic ring is 1. The molecule has 2 N–H and O–H groups in total. The molecule has 6 aromatic rings.